The van der Waals surface area contributed by atoms with Crippen LogP contribution in [0.5, 0.6) is 17.2 Å². The summed E-state index contributed by atoms with van der Waals surface area (Å²) in [5.74, 6) is -0.376. The molecule has 212 valence electrons. The van der Waals surface area contributed by atoms with Crippen LogP contribution in [0.2, 0.25) is 0 Å². The van der Waals surface area contributed by atoms with Gasteiger partial charge < -0.3 is 34.8 Å². The van der Waals surface area contributed by atoms with Gasteiger partial charge in [-0.3, -0.25) is 5.10 Å². The van der Waals surface area contributed by atoms with E-state index in [1.54, 1.807) is 25.6 Å². The van der Waals surface area contributed by atoms with Crippen molar-refractivity contribution in [3.05, 3.63) is 71.6 Å². The van der Waals surface area contributed by atoms with Gasteiger partial charge in [-0.2, -0.15) is 5.10 Å². The lowest BCUT2D eigenvalue weighted by atomic mass is 10.1. The number of aromatic amines is 1. The smallest absolute Gasteiger partial charge is 0.328 e. The number of rotatable bonds is 13. The van der Waals surface area contributed by atoms with Gasteiger partial charge in [-0.15, -0.1) is 11.3 Å². The van der Waals surface area contributed by atoms with Gasteiger partial charge >= 0.3 is 11.9 Å². The van der Waals surface area contributed by atoms with Gasteiger partial charge in [0.2, 0.25) is 0 Å². The average Bonchev–Trinajstić information content (AvgIpc) is 3.58. The third kappa shape index (κ3) is 8.83. The van der Waals surface area contributed by atoms with Gasteiger partial charge in [0, 0.05) is 24.3 Å². The molecule has 1 atom stereocenters. The first-order valence-corrected chi connectivity index (χ1v) is 13.1. The summed E-state index contributed by atoms with van der Waals surface area (Å²) in [5, 5.41) is 38.8. The molecule has 1 unspecified atom stereocenters. The second kappa shape index (κ2) is 15.3. The zero-order valence-electron chi connectivity index (χ0n) is 22.0. The minimum atomic E-state index is -1.26. The van der Waals surface area contributed by atoms with E-state index in [9.17, 15) is 14.7 Å². The van der Waals surface area contributed by atoms with Gasteiger partial charge in [-0.25, -0.2) is 9.59 Å². The van der Waals surface area contributed by atoms with Crippen LogP contribution >= 0.6 is 11.3 Å². The number of nitrogens with zero attached hydrogens (tertiary/aromatic N) is 1. The summed E-state index contributed by atoms with van der Waals surface area (Å²) in [5.41, 5.74) is 3.93. The fourth-order valence-electron chi connectivity index (χ4n) is 3.64. The SMILES string of the molecule is COc1ccc(CCNCC(O)COc2ccccc2-c2n[nH]c3ccsc23)cc1OC.O=C(O)/C=C/C(=O)O. The van der Waals surface area contributed by atoms with Crippen molar-refractivity contribution >= 4 is 33.5 Å². The normalized spacial score (nSPS) is 11.6. The molecule has 0 fully saturated rings. The molecule has 0 saturated heterocycles. The number of aromatic nitrogens is 2. The maximum absolute atomic E-state index is 10.4. The molecule has 12 heteroatoms. The number of aliphatic carboxylic acids is 2. The molecule has 4 aromatic rings. The molecule has 2 heterocycles. The van der Waals surface area contributed by atoms with Crippen molar-refractivity contribution < 1.29 is 39.1 Å². The van der Waals surface area contributed by atoms with Crippen molar-refractivity contribution in [1.82, 2.24) is 15.5 Å². The lowest BCUT2D eigenvalue weighted by molar-refractivity contribution is -0.134. The molecular weight excluding hydrogens is 538 g/mol. The Morgan fingerprint density at radius 1 is 1.02 bits per heavy atom. The number of carboxylic acid groups (broad SMARTS) is 2. The largest absolute Gasteiger partial charge is 0.493 e. The molecule has 0 spiro atoms. The van der Waals surface area contributed by atoms with Crippen molar-refractivity contribution in [2.45, 2.75) is 12.5 Å². The fourth-order valence-corrected chi connectivity index (χ4v) is 4.49. The maximum Gasteiger partial charge on any atom is 0.328 e. The summed E-state index contributed by atoms with van der Waals surface area (Å²) in [4.78, 5) is 19.1. The first kappa shape index (κ1) is 30.2. The van der Waals surface area contributed by atoms with Crippen LogP contribution < -0.4 is 19.5 Å². The molecule has 2 aromatic carbocycles. The Labute approximate surface area is 234 Å². The van der Waals surface area contributed by atoms with E-state index in [4.69, 9.17) is 24.4 Å². The molecule has 5 N–H and O–H groups in total. The highest BCUT2D eigenvalue weighted by Crippen LogP contribution is 2.35. The number of benzene rings is 2. The molecule has 0 bridgehead atoms. The van der Waals surface area contributed by atoms with E-state index in [0.29, 0.717) is 35.9 Å². The van der Waals surface area contributed by atoms with E-state index in [2.05, 4.69) is 15.5 Å². The topological polar surface area (TPSA) is 163 Å². The Kier molecular flexibility index (Phi) is 11.5. The first-order chi connectivity index (χ1) is 19.3. The number of ether oxygens (including phenoxy) is 3. The van der Waals surface area contributed by atoms with Gasteiger partial charge in [0.15, 0.2) is 11.5 Å². The molecule has 0 radical (unpaired) electrons. The lowest BCUT2D eigenvalue weighted by Gasteiger charge is -2.15. The van der Waals surface area contributed by atoms with Gasteiger partial charge in [0.1, 0.15) is 24.2 Å². The Morgan fingerprint density at radius 2 is 1.75 bits per heavy atom. The highest BCUT2D eigenvalue weighted by atomic mass is 32.1. The quantitative estimate of drug-likeness (QED) is 0.119. The monoisotopic (exact) mass is 569 g/mol. The summed E-state index contributed by atoms with van der Waals surface area (Å²) in [6, 6.07) is 15.7. The van der Waals surface area contributed by atoms with Crippen LogP contribution in [-0.2, 0) is 16.0 Å². The zero-order valence-corrected chi connectivity index (χ0v) is 22.8. The number of methoxy groups -OCH3 is 2. The van der Waals surface area contributed by atoms with E-state index in [1.165, 1.54) is 0 Å². The number of aliphatic hydroxyl groups is 1. The van der Waals surface area contributed by atoms with Crippen LogP contribution in [0.15, 0.2) is 66.1 Å². The van der Waals surface area contributed by atoms with Crippen molar-refractivity contribution in [2.75, 3.05) is 33.9 Å². The standard InChI is InChI=1S/C24H27N3O4S.C4H4O4/c1-29-21-8-7-16(13-22(21)30-2)9-11-25-14-17(28)15-31-20-6-4-3-5-18(20)23-24-19(26-27-23)10-12-32-24;5-3(6)1-2-4(7)8/h3-8,10,12-13,17,25,28H,9,11,14-15H2,1-2H3,(H,26,27);1-2H,(H,5,6)(H,7,8)/b;2-1+. The second-order valence-corrected chi connectivity index (χ2v) is 9.27. The summed E-state index contributed by atoms with van der Waals surface area (Å²) in [6.45, 7) is 1.36. The Bertz CT molecular complexity index is 1420. The molecule has 11 nitrogen and oxygen atoms in total. The molecular formula is C28H31N3O8S. The van der Waals surface area contributed by atoms with Crippen LogP contribution in [-0.4, -0.2) is 77.5 Å². The van der Waals surface area contributed by atoms with Crippen molar-refractivity contribution in [3.63, 3.8) is 0 Å². The molecule has 4 rings (SSSR count). The number of aliphatic hydroxyl groups excluding tert-OH is 1. The number of carboxylic acids is 2. The van der Waals surface area contributed by atoms with E-state index in [-0.39, 0.29) is 6.61 Å². The summed E-state index contributed by atoms with van der Waals surface area (Å²) in [6.07, 6.45) is 1.30. The molecule has 0 aliphatic carbocycles. The maximum atomic E-state index is 10.4. The number of fused-ring (bicyclic) bond motifs is 1. The molecule has 0 aliphatic heterocycles. The highest BCUT2D eigenvalue weighted by Gasteiger charge is 2.15. The molecule has 0 saturated carbocycles. The Morgan fingerprint density at radius 3 is 2.45 bits per heavy atom. The van der Waals surface area contributed by atoms with Crippen LogP contribution in [0.25, 0.3) is 21.5 Å². The predicted octanol–water partition coefficient (Wildman–Crippen LogP) is 3.59. The molecule has 0 amide bonds. The Balaban J connectivity index is 0.000000482. The average molecular weight is 570 g/mol. The van der Waals surface area contributed by atoms with Gasteiger partial charge in [0.05, 0.1) is 24.4 Å². The van der Waals surface area contributed by atoms with Crippen LogP contribution in [0.4, 0.5) is 0 Å². The van der Waals surface area contributed by atoms with E-state index in [0.717, 1.165) is 40.0 Å². The summed E-state index contributed by atoms with van der Waals surface area (Å²) in [7, 11) is 3.25. The second-order valence-electron chi connectivity index (χ2n) is 8.35. The lowest BCUT2D eigenvalue weighted by Crippen LogP contribution is -2.32. The van der Waals surface area contributed by atoms with Crippen molar-refractivity contribution in [2.24, 2.45) is 0 Å². The van der Waals surface area contributed by atoms with Gasteiger partial charge in [-0.1, -0.05) is 18.2 Å². The van der Waals surface area contributed by atoms with E-state index < -0.39 is 18.0 Å². The summed E-state index contributed by atoms with van der Waals surface area (Å²) >= 11 is 1.64. The van der Waals surface area contributed by atoms with Crippen molar-refractivity contribution in [3.8, 4) is 28.5 Å². The number of thiophene rings is 1. The third-order valence-corrected chi connectivity index (χ3v) is 6.45. The van der Waals surface area contributed by atoms with E-state index in [1.807, 2.05) is 53.9 Å². The van der Waals surface area contributed by atoms with E-state index >= 15 is 0 Å². The number of hydrogen-bond donors (Lipinski definition) is 5. The third-order valence-electron chi connectivity index (χ3n) is 5.53. The fraction of sp³-hybridized carbons (Fsp3) is 0.250. The van der Waals surface area contributed by atoms with Gasteiger partial charge in [0.25, 0.3) is 0 Å². The van der Waals surface area contributed by atoms with Gasteiger partial charge in [-0.05, 0) is 54.2 Å². The Hall–Kier alpha value is -4.39. The van der Waals surface area contributed by atoms with Crippen LogP contribution in [0.3, 0.4) is 0 Å². The highest BCUT2D eigenvalue weighted by molar-refractivity contribution is 7.17. The zero-order chi connectivity index (χ0) is 28.9. The first-order valence-electron chi connectivity index (χ1n) is 12.2. The minimum absolute atomic E-state index is 0.193. The number of para-hydroxylation sites is 1. The molecule has 40 heavy (non-hydrogen) atoms. The summed E-state index contributed by atoms with van der Waals surface area (Å²) < 4.78 is 17.7. The minimum Gasteiger partial charge on any atom is -0.493 e. The molecule has 0 aliphatic rings. The number of carbonyl (C=O) groups is 2. The predicted molar refractivity (Wildman–Crippen MR) is 151 cm³/mol. The van der Waals surface area contributed by atoms with Crippen LogP contribution in [0.1, 0.15) is 5.56 Å². The number of hydrogen-bond acceptors (Lipinski definition) is 9. The van der Waals surface area contributed by atoms with Crippen molar-refractivity contribution in [1.29, 1.82) is 0 Å². The van der Waals surface area contributed by atoms with Crippen LogP contribution in [0, 0.1) is 0 Å². The number of H-pyrrole nitrogens is 1. The number of nitrogens with one attached hydrogen (secondary N) is 2. The molecule has 2 aromatic heterocycles.